The Labute approximate surface area is 128 Å². The van der Waals surface area contributed by atoms with Gasteiger partial charge in [-0.3, -0.25) is 4.79 Å². The lowest BCUT2D eigenvalue weighted by Crippen LogP contribution is -2.27. The highest BCUT2D eigenvalue weighted by molar-refractivity contribution is 5.95. The van der Waals surface area contributed by atoms with E-state index in [9.17, 15) is 18.0 Å². The monoisotopic (exact) mass is 314 g/mol. The van der Waals surface area contributed by atoms with Gasteiger partial charge in [0, 0.05) is 6.54 Å². The summed E-state index contributed by atoms with van der Waals surface area (Å²) in [5.74, 6) is 0.301. The highest BCUT2D eigenvalue weighted by Gasteiger charge is 2.33. The van der Waals surface area contributed by atoms with E-state index < -0.39 is 11.9 Å². The smallest absolute Gasteiger partial charge is 0.352 e. The van der Waals surface area contributed by atoms with Crippen molar-refractivity contribution in [2.24, 2.45) is 5.92 Å². The summed E-state index contributed by atoms with van der Waals surface area (Å²) in [7, 11) is 0. The molecule has 1 aliphatic rings. The lowest BCUT2D eigenvalue weighted by Gasteiger charge is -2.21. The van der Waals surface area contributed by atoms with Crippen molar-refractivity contribution < 1.29 is 18.0 Å². The zero-order valence-corrected chi connectivity index (χ0v) is 12.7. The first-order valence-corrected chi connectivity index (χ1v) is 7.71. The molecule has 3 nitrogen and oxygen atoms in total. The summed E-state index contributed by atoms with van der Waals surface area (Å²) in [6, 6.07) is 2.05. The first kappa shape index (κ1) is 16.8. The molecular formula is C16H21F3N2O. The molecule has 22 heavy (non-hydrogen) atoms. The van der Waals surface area contributed by atoms with Crippen LogP contribution in [0.3, 0.4) is 0 Å². The van der Waals surface area contributed by atoms with Crippen molar-refractivity contribution in [3.63, 3.8) is 0 Å². The third kappa shape index (κ3) is 4.45. The largest absolute Gasteiger partial charge is 0.433 e. The van der Waals surface area contributed by atoms with Crippen LogP contribution in [0.2, 0.25) is 0 Å². The molecule has 1 aliphatic carbocycles. The van der Waals surface area contributed by atoms with Crippen LogP contribution in [0.25, 0.3) is 0 Å². The molecule has 122 valence electrons. The maximum Gasteiger partial charge on any atom is 0.433 e. The summed E-state index contributed by atoms with van der Waals surface area (Å²) in [4.78, 5) is 15.5. The molecule has 1 aromatic rings. The second-order valence-electron chi connectivity index (χ2n) is 5.88. The van der Waals surface area contributed by atoms with Crippen LogP contribution < -0.4 is 5.32 Å². The number of aryl methyl sites for hydroxylation is 1. The van der Waals surface area contributed by atoms with Crippen molar-refractivity contribution in [3.05, 3.63) is 29.1 Å². The Kier molecular flexibility index (Phi) is 5.42. The summed E-state index contributed by atoms with van der Waals surface area (Å²) < 4.78 is 37.6. The summed E-state index contributed by atoms with van der Waals surface area (Å²) >= 11 is 0. The number of nitrogens with zero attached hydrogens (tertiary/aromatic N) is 1. The Morgan fingerprint density at radius 2 is 1.95 bits per heavy atom. The van der Waals surface area contributed by atoms with Gasteiger partial charge in [-0.2, -0.15) is 13.2 Å². The summed E-state index contributed by atoms with van der Waals surface area (Å²) in [5.41, 5.74) is -0.662. The third-order valence-corrected chi connectivity index (χ3v) is 4.18. The van der Waals surface area contributed by atoms with Gasteiger partial charge in [0.05, 0.1) is 11.3 Å². The van der Waals surface area contributed by atoms with Crippen molar-refractivity contribution in [3.8, 4) is 0 Å². The van der Waals surface area contributed by atoms with Gasteiger partial charge < -0.3 is 5.32 Å². The minimum absolute atomic E-state index is 0.102. The number of pyridine rings is 1. The maximum atomic E-state index is 12.5. The van der Waals surface area contributed by atoms with Crippen LogP contribution in [-0.2, 0) is 6.18 Å². The van der Waals surface area contributed by atoms with Gasteiger partial charge in [-0.15, -0.1) is 0 Å². The quantitative estimate of drug-likeness (QED) is 0.909. The predicted octanol–water partition coefficient (Wildman–Crippen LogP) is 4.11. The fraction of sp³-hybridized carbons (Fsp3) is 0.625. The van der Waals surface area contributed by atoms with E-state index in [1.54, 1.807) is 0 Å². The van der Waals surface area contributed by atoms with Gasteiger partial charge >= 0.3 is 6.18 Å². The zero-order chi connectivity index (χ0) is 16.2. The number of halogens is 3. The highest BCUT2D eigenvalue weighted by Crippen LogP contribution is 2.28. The van der Waals surface area contributed by atoms with Crippen molar-refractivity contribution in [2.75, 3.05) is 6.54 Å². The van der Waals surface area contributed by atoms with Crippen LogP contribution in [0.1, 0.15) is 60.3 Å². The van der Waals surface area contributed by atoms with Gasteiger partial charge in [0.25, 0.3) is 5.91 Å². The molecule has 1 heterocycles. The number of amides is 1. The van der Waals surface area contributed by atoms with E-state index in [1.807, 2.05) is 0 Å². The van der Waals surface area contributed by atoms with E-state index in [4.69, 9.17) is 0 Å². The van der Waals surface area contributed by atoms with Gasteiger partial charge in [-0.1, -0.05) is 32.1 Å². The predicted molar refractivity (Wildman–Crippen MR) is 77.5 cm³/mol. The van der Waals surface area contributed by atoms with Gasteiger partial charge in [0.1, 0.15) is 5.69 Å². The van der Waals surface area contributed by atoms with E-state index in [0.29, 0.717) is 12.5 Å². The molecule has 6 heteroatoms. The Morgan fingerprint density at radius 3 is 2.55 bits per heavy atom. The summed E-state index contributed by atoms with van der Waals surface area (Å²) in [6.45, 7) is 1.98. The molecule has 0 spiro atoms. The molecule has 0 unspecified atom stereocenters. The average Bonchev–Trinajstić information content (AvgIpc) is 2.47. The van der Waals surface area contributed by atoms with Crippen molar-refractivity contribution >= 4 is 5.91 Å². The van der Waals surface area contributed by atoms with E-state index in [1.165, 1.54) is 45.1 Å². The topological polar surface area (TPSA) is 42.0 Å². The zero-order valence-electron chi connectivity index (χ0n) is 12.7. The lowest BCUT2D eigenvalue weighted by molar-refractivity contribution is -0.141. The molecule has 1 amide bonds. The molecule has 1 aromatic heterocycles. The van der Waals surface area contributed by atoms with Gasteiger partial charge in [-0.25, -0.2) is 4.98 Å². The summed E-state index contributed by atoms with van der Waals surface area (Å²) in [6.07, 6.45) is 2.65. The average molecular weight is 314 g/mol. The molecular weight excluding hydrogens is 293 g/mol. The molecule has 2 rings (SSSR count). The lowest BCUT2D eigenvalue weighted by atomic mass is 9.87. The minimum atomic E-state index is -4.49. The normalized spacial score (nSPS) is 16.5. The number of hydrogen-bond acceptors (Lipinski definition) is 2. The first-order chi connectivity index (χ1) is 10.4. The van der Waals surface area contributed by atoms with Gasteiger partial charge in [-0.05, 0) is 31.4 Å². The molecule has 0 saturated heterocycles. The number of rotatable bonds is 4. The minimum Gasteiger partial charge on any atom is -0.352 e. The molecule has 0 bridgehead atoms. The Morgan fingerprint density at radius 1 is 1.27 bits per heavy atom. The molecule has 1 N–H and O–H groups in total. The fourth-order valence-corrected chi connectivity index (χ4v) is 2.92. The maximum absolute atomic E-state index is 12.5. The SMILES string of the molecule is Cc1nc(C(F)(F)F)ccc1C(=O)NCCC1CCCCC1. The number of hydrogen-bond donors (Lipinski definition) is 1. The Hall–Kier alpha value is -1.59. The van der Waals surface area contributed by atoms with E-state index in [2.05, 4.69) is 10.3 Å². The van der Waals surface area contributed by atoms with Crippen LogP contribution in [0.15, 0.2) is 12.1 Å². The van der Waals surface area contributed by atoms with Crippen LogP contribution in [0, 0.1) is 12.8 Å². The van der Waals surface area contributed by atoms with Crippen molar-refractivity contribution in [2.45, 2.75) is 51.6 Å². The van der Waals surface area contributed by atoms with Crippen LogP contribution in [-0.4, -0.2) is 17.4 Å². The van der Waals surface area contributed by atoms with Crippen molar-refractivity contribution in [1.82, 2.24) is 10.3 Å². The number of carbonyl (C=O) groups excluding carboxylic acids is 1. The number of carbonyl (C=O) groups is 1. The van der Waals surface area contributed by atoms with Crippen LogP contribution >= 0.6 is 0 Å². The second kappa shape index (κ2) is 7.11. The Balaban J connectivity index is 1.89. The number of nitrogens with one attached hydrogen (secondary N) is 1. The molecule has 0 aromatic carbocycles. The van der Waals surface area contributed by atoms with Crippen LogP contribution in [0.4, 0.5) is 13.2 Å². The molecule has 1 fully saturated rings. The fourth-order valence-electron chi connectivity index (χ4n) is 2.92. The van der Waals surface area contributed by atoms with Gasteiger partial charge in [0.15, 0.2) is 0 Å². The Bertz CT molecular complexity index is 523. The third-order valence-electron chi connectivity index (χ3n) is 4.18. The second-order valence-corrected chi connectivity index (χ2v) is 5.88. The standard InChI is InChI=1S/C16H21F3N2O/c1-11-13(7-8-14(21-11)16(17,18)19)15(22)20-10-9-12-5-3-2-4-6-12/h7-8,12H,2-6,9-10H2,1H3,(H,20,22). The molecule has 1 saturated carbocycles. The number of aromatic nitrogens is 1. The van der Waals surface area contributed by atoms with E-state index >= 15 is 0 Å². The first-order valence-electron chi connectivity index (χ1n) is 7.71. The van der Waals surface area contributed by atoms with E-state index in [-0.39, 0.29) is 17.2 Å². The molecule has 0 atom stereocenters. The number of alkyl halides is 3. The van der Waals surface area contributed by atoms with E-state index in [0.717, 1.165) is 12.5 Å². The summed E-state index contributed by atoms with van der Waals surface area (Å²) in [5, 5.41) is 2.79. The van der Waals surface area contributed by atoms with Gasteiger partial charge in [0.2, 0.25) is 0 Å². The molecule has 0 radical (unpaired) electrons. The van der Waals surface area contributed by atoms with Crippen molar-refractivity contribution in [1.29, 1.82) is 0 Å². The molecule has 0 aliphatic heterocycles. The van der Waals surface area contributed by atoms with Crippen LogP contribution in [0.5, 0.6) is 0 Å². The highest BCUT2D eigenvalue weighted by atomic mass is 19.4.